The molecule has 7 nitrogen and oxygen atoms in total. The Bertz CT molecular complexity index is 451. The van der Waals surface area contributed by atoms with E-state index in [0.29, 0.717) is 0 Å². The molecule has 82 valence electrons. The van der Waals surface area contributed by atoms with Gasteiger partial charge in [-0.05, 0) is 24.3 Å². The largest absolute Gasteiger partial charge is 0.478 e. The molecule has 1 aromatic carbocycles. The van der Waals surface area contributed by atoms with Crippen LogP contribution >= 0.6 is 0 Å². The highest BCUT2D eigenvalue weighted by atomic mass is 32.3. The second-order valence-corrected chi connectivity index (χ2v) is 3.59. The fraction of sp³-hybridized carbons (Fsp3) is 0. The van der Waals surface area contributed by atoms with Crippen LogP contribution in [0.15, 0.2) is 24.3 Å². The number of nitrogens with two attached hydrogens (primary N) is 1. The minimum atomic E-state index is -4.28. The molecule has 0 heterocycles. The summed E-state index contributed by atoms with van der Waals surface area (Å²) in [6.07, 6.45) is 0. The minimum absolute atomic E-state index is 0.00779. The van der Waals surface area contributed by atoms with E-state index < -0.39 is 16.4 Å². The maximum atomic E-state index is 10.7. The van der Waals surface area contributed by atoms with E-state index in [9.17, 15) is 13.2 Å². The highest BCUT2D eigenvalue weighted by Gasteiger charge is 2.12. The molecule has 0 aliphatic heterocycles. The van der Waals surface area contributed by atoms with Crippen LogP contribution in [0.4, 0.5) is 0 Å². The van der Waals surface area contributed by atoms with E-state index in [1.165, 1.54) is 24.3 Å². The molecule has 0 unspecified atom stereocenters. The van der Waals surface area contributed by atoms with Gasteiger partial charge in [0.15, 0.2) is 0 Å². The Morgan fingerprint density at radius 3 is 2.20 bits per heavy atom. The fourth-order valence-corrected chi connectivity index (χ4v) is 1.18. The van der Waals surface area contributed by atoms with E-state index >= 15 is 0 Å². The highest BCUT2D eigenvalue weighted by molar-refractivity contribution is 7.82. The zero-order valence-electron chi connectivity index (χ0n) is 7.28. The summed E-state index contributed by atoms with van der Waals surface area (Å²) in [5.41, 5.74) is 0.00779. The maximum Gasteiger partial charge on any atom is 0.465 e. The third-order valence-corrected chi connectivity index (χ3v) is 2.05. The van der Waals surface area contributed by atoms with Crippen LogP contribution in [-0.2, 0) is 14.7 Å². The molecule has 0 bridgehead atoms. The average molecular weight is 233 g/mol. The van der Waals surface area contributed by atoms with Crippen molar-refractivity contribution in [2.45, 2.75) is 0 Å². The molecular formula is C7H7NO6S. The van der Waals surface area contributed by atoms with Crippen LogP contribution in [0, 0.1) is 0 Å². The number of carboxylic acid groups (broad SMARTS) is 1. The van der Waals surface area contributed by atoms with Crippen LogP contribution in [0.2, 0.25) is 0 Å². The molecule has 0 saturated carbocycles. The Balaban J connectivity index is 2.86. The van der Waals surface area contributed by atoms with Gasteiger partial charge >= 0.3 is 16.4 Å². The standard InChI is InChI=1S/C7H7NO6S/c8-14-15(11,12)13-6-3-1-5(2-4-6)7(9)10/h1-4H,8H2,(H,9,10). The Morgan fingerprint density at radius 1 is 1.27 bits per heavy atom. The number of carbonyl (C=O) groups is 1. The summed E-state index contributed by atoms with van der Waals surface area (Å²) < 4.78 is 29.3. The van der Waals surface area contributed by atoms with Crippen LogP contribution in [0.3, 0.4) is 0 Å². The first kappa shape index (κ1) is 11.4. The van der Waals surface area contributed by atoms with Gasteiger partial charge in [-0.15, -0.1) is 0 Å². The first-order chi connectivity index (χ1) is 6.94. The van der Waals surface area contributed by atoms with E-state index in [1.54, 1.807) is 0 Å². The fourth-order valence-electron chi connectivity index (χ4n) is 0.791. The van der Waals surface area contributed by atoms with Gasteiger partial charge in [0, 0.05) is 0 Å². The van der Waals surface area contributed by atoms with Crippen molar-refractivity contribution in [2.75, 3.05) is 0 Å². The van der Waals surface area contributed by atoms with Crippen molar-refractivity contribution in [3.05, 3.63) is 29.8 Å². The van der Waals surface area contributed by atoms with Gasteiger partial charge in [0.1, 0.15) is 5.75 Å². The molecule has 8 heteroatoms. The van der Waals surface area contributed by atoms with E-state index in [4.69, 9.17) is 5.11 Å². The van der Waals surface area contributed by atoms with Crippen LogP contribution in [0.5, 0.6) is 5.75 Å². The molecule has 15 heavy (non-hydrogen) atoms. The Hall–Kier alpha value is -1.64. The number of aromatic carboxylic acids is 1. The Kier molecular flexibility index (Phi) is 3.24. The lowest BCUT2D eigenvalue weighted by Gasteiger charge is -2.03. The molecule has 0 aliphatic carbocycles. The summed E-state index contributed by atoms with van der Waals surface area (Å²) in [5, 5.41) is 8.55. The molecule has 0 aromatic heterocycles. The zero-order chi connectivity index (χ0) is 11.5. The van der Waals surface area contributed by atoms with Gasteiger partial charge in [-0.3, -0.25) is 0 Å². The SMILES string of the molecule is NOS(=O)(=O)Oc1ccc(C(=O)O)cc1. The molecular weight excluding hydrogens is 226 g/mol. The number of benzene rings is 1. The Morgan fingerprint density at radius 2 is 1.80 bits per heavy atom. The summed E-state index contributed by atoms with van der Waals surface area (Å²) in [5.74, 6) is 3.21. The van der Waals surface area contributed by atoms with Crippen molar-refractivity contribution in [1.82, 2.24) is 0 Å². The highest BCUT2D eigenvalue weighted by Crippen LogP contribution is 2.14. The summed E-state index contributed by atoms with van der Waals surface area (Å²) in [6.45, 7) is 0. The topological polar surface area (TPSA) is 116 Å². The lowest BCUT2D eigenvalue weighted by atomic mass is 10.2. The number of hydrogen-bond donors (Lipinski definition) is 2. The van der Waals surface area contributed by atoms with Gasteiger partial charge in [-0.25, -0.2) is 4.79 Å². The third kappa shape index (κ3) is 3.20. The van der Waals surface area contributed by atoms with E-state index in [1.807, 2.05) is 0 Å². The van der Waals surface area contributed by atoms with Crippen molar-refractivity contribution in [3.8, 4) is 5.75 Å². The van der Waals surface area contributed by atoms with Crippen molar-refractivity contribution >= 4 is 16.4 Å². The van der Waals surface area contributed by atoms with E-state index in [2.05, 4.69) is 14.4 Å². The molecule has 0 aliphatic rings. The molecule has 0 spiro atoms. The monoisotopic (exact) mass is 233 g/mol. The van der Waals surface area contributed by atoms with Crippen LogP contribution in [0.25, 0.3) is 0 Å². The van der Waals surface area contributed by atoms with Gasteiger partial charge in [-0.1, -0.05) is 0 Å². The molecule has 1 rings (SSSR count). The minimum Gasteiger partial charge on any atom is -0.478 e. The predicted molar refractivity (Wildman–Crippen MR) is 48.2 cm³/mol. The molecule has 0 radical (unpaired) electrons. The molecule has 0 amide bonds. The maximum absolute atomic E-state index is 10.7. The molecule has 0 fully saturated rings. The lowest BCUT2D eigenvalue weighted by Crippen LogP contribution is -2.17. The first-order valence-corrected chi connectivity index (χ1v) is 4.94. The summed E-state index contributed by atoms with van der Waals surface area (Å²) in [6, 6.07) is 4.70. The lowest BCUT2D eigenvalue weighted by molar-refractivity contribution is 0.0697. The molecule has 1 aromatic rings. The predicted octanol–water partition coefficient (Wildman–Crippen LogP) is -0.101. The third-order valence-electron chi connectivity index (χ3n) is 1.42. The second kappa shape index (κ2) is 4.26. The van der Waals surface area contributed by atoms with Gasteiger partial charge in [0.2, 0.25) is 0 Å². The van der Waals surface area contributed by atoms with Crippen molar-refractivity contribution < 1.29 is 26.8 Å². The van der Waals surface area contributed by atoms with Crippen LogP contribution < -0.4 is 10.1 Å². The number of rotatable bonds is 4. The number of hydrogen-bond acceptors (Lipinski definition) is 6. The van der Waals surface area contributed by atoms with E-state index in [-0.39, 0.29) is 11.3 Å². The van der Waals surface area contributed by atoms with Gasteiger partial charge in [0.25, 0.3) is 0 Å². The molecule has 0 atom stereocenters. The van der Waals surface area contributed by atoms with Crippen molar-refractivity contribution in [2.24, 2.45) is 5.90 Å². The summed E-state index contributed by atoms with van der Waals surface area (Å²) in [4.78, 5) is 10.4. The molecule has 3 N–H and O–H groups in total. The number of carboxylic acids is 1. The second-order valence-electron chi connectivity index (χ2n) is 2.42. The van der Waals surface area contributed by atoms with Crippen molar-refractivity contribution in [3.63, 3.8) is 0 Å². The van der Waals surface area contributed by atoms with Crippen LogP contribution in [0.1, 0.15) is 10.4 Å². The summed E-state index contributed by atoms with van der Waals surface area (Å²) >= 11 is 0. The Labute approximate surface area is 85.3 Å². The first-order valence-electron chi connectivity index (χ1n) is 3.61. The normalized spacial score (nSPS) is 11.0. The van der Waals surface area contributed by atoms with Gasteiger partial charge in [0.05, 0.1) is 5.56 Å². The van der Waals surface area contributed by atoms with Gasteiger partial charge < -0.3 is 9.29 Å². The van der Waals surface area contributed by atoms with E-state index in [0.717, 1.165) is 0 Å². The van der Waals surface area contributed by atoms with Crippen LogP contribution in [-0.4, -0.2) is 19.5 Å². The van der Waals surface area contributed by atoms with Gasteiger partial charge in [-0.2, -0.15) is 18.6 Å². The smallest absolute Gasteiger partial charge is 0.465 e. The quantitative estimate of drug-likeness (QED) is 0.697. The average Bonchev–Trinajstić information content (AvgIpc) is 2.18. The zero-order valence-corrected chi connectivity index (χ0v) is 8.10. The molecule has 0 saturated heterocycles. The van der Waals surface area contributed by atoms with Crippen molar-refractivity contribution in [1.29, 1.82) is 0 Å². The summed E-state index contributed by atoms with van der Waals surface area (Å²) in [7, 11) is -4.28.